The van der Waals surface area contributed by atoms with Gasteiger partial charge in [0.25, 0.3) is 5.91 Å². The van der Waals surface area contributed by atoms with E-state index in [0.29, 0.717) is 17.9 Å². The van der Waals surface area contributed by atoms with Crippen molar-refractivity contribution in [3.8, 4) is 6.07 Å². The normalized spacial score (nSPS) is 10.1. The molecule has 102 valence electrons. The molecule has 0 spiro atoms. The largest absolute Gasteiger partial charge is 0.455 e. The van der Waals surface area contributed by atoms with Crippen molar-refractivity contribution in [2.24, 2.45) is 5.73 Å². The van der Waals surface area contributed by atoms with Crippen LogP contribution in [0.25, 0.3) is 0 Å². The first-order valence-corrected chi connectivity index (χ1v) is 6.17. The molecular formula is C15H15N3O2. The van der Waals surface area contributed by atoms with E-state index in [1.807, 2.05) is 12.1 Å². The molecule has 0 aliphatic heterocycles. The zero-order valence-corrected chi connectivity index (χ0v) is 11.2. The van der Waals surface area contributed by atoms with Crippen molar-refractivity contribution in [3.63, 3.8) is 0 Å². The third-order valence-corrected chi connectivity index (χ3v) is 2.92. The molecule has 20 heavy (non-hydrogen) atoms. The number of rotatable bonds is 4. The third kappa shape index (κ3) is 3.05. The molecule has 0 radical (unpaired) electrons. The number of furan rings is 1. The van der Waals surface area contributed by atoms with Gasteiger partial charge in [-0.05, 0) is 29.8 Å². The first-order chi connectivity index (χ1) is 9.63. The smallest absolute Gasteiger partial charge is 0.289 e. The van der Waals surface area contributed by atoms with E-state index in [0.717, 1.165) is 5.56 Å². The van der Waals surface area contributed by atoms with Crippen LogP contribution in [0.3, 0.4) is 0 Å². The van der Waals surface area contributed by atoms with Gasteiger partial charge in [0.2, 0.25) is 0 Å². The van der Waals surface area contributed by atoms with Crippen LogP contribution in [0.5, 0.6) is 0 Å². The summed E-state index contributed by atoms with van der Waals surface area (Å²) in [6, 6.07) is 12.5. The maximum absolute atomic E-state index is 12.1. The summed E-state index contributed by atoms with van der Waals surface area (Å²) in [6.07, 6.45) is 0. The molecule has 0 aliphatic rings. The van der Waals surface area contributed by atoms with Crippen molar-refractivity contribution >= 4 is 5.91 Å². The number of hydrogen-bond donors (Lipinski definition) is 1. The predicted molar refractivity (Wildman–Crippen MR) is 73.6 cm³/mol. The van der Waals surface area contributed by atoms with Gasteiger partial charge in [-0.1, -0.05) is 12.1 Å². The Morgan fingerprint density at radius 2 is 2.00 bits per heavy atom. The fourth-order valence-electron chi connectivity index (χ4n) is 1.82. The fourth-order valence-corrected chi connectivity index (χ4v) is 1.82. The van der Waals surface area contributed by atoms with Crippen LogP contribution in [0.4, 0.5) is 0 Å². The number of nitrogens with zero attached hydrogens (tertiary/aromatic N) is 2. The SMILES string of the molecule is CN(Cc1ccc(C#N)cc1)C(=O)c1ccc(CN)o1. The molecule has 0 saturated heterocycles. The predicted octanol–water partition coefficient (Wildman–Crippen LogP) is 1.88. The highest BCUT2D eigenvalue weighted by atomic mass is 16.4. The monoisotopic (exact) mass is 269 g/mol. The van der Waals surface area contributed by atoms with Gasteiger partial charge in [-0.15, -0.1) is 0 Å². The lowest BCUT2D eigenvalue weighted by molar-refractivity contribution is 0.0751. The van der Waals surface area contributed by atoms with Crippen LogP contribution in [0.15, 0.2) is 40.8 Å². The molecule has 2 rings (SSSR count). The molecule has 5 nitrogen and oxygen atoms in total. The molecule has 0 atom stereocenters. The molecule has 0 saturated carbocycles. The van der Waals surface area contributed by atoms with E-state index in [1.54, 1.807) is 36.2 Å². The minimum Gasteiger partial charge on any atom is -0.455 e. The summed E-state index contributed by atoms with van der Waals surface area (Å²) in [5.41, 5.74) is 6.99. The van der Waals surface area contributed by atoms with Crippen LogP contribution in [-0.4, -0.2) is 17.9 Å². The second-order valence-electron chi connectivity index (χ2n) is 4.44. The van der Waals surface area contributed by atoms with Crippen molar-refractivity contribution < 1.29 is 9.21 Å². The minimum atomic E-state index is -0.200. The number of amides is 1. The molecule has 0 fully saturated rings. The van der Waals surface area contributed by atoms with Crippen molar-refractivity contribution in [2.45, 2.75) is 13.1 Å². The van der Waals surface area contributed by atoms with Crippen LogP contribution >= 0.6 is 0 Å². The Morgan fingerprint density at radius 3 is 2.55 bits per heavy atom. The lowest BCUT2D eigenvalue weighted by Crippen LogP contribution is -2.25. The summed E-state index contributed by atoms with van der Waals surface area (Å²) in [5.74, 6) is 0.663. The number of nitriles is 1. The Hall–Kier alpha value is -2.58. The lowest BCUT2D eigenvalue weighted by Gasteiger charge is -2.15. The highest BCUT2D eigenvalue weighted by molar-refractivity contribution is 5.91. The minimum absolute atomic E-state index is 0.200. The molecule has 5 heteroatoms. The summed E-state index contributed by atoms with van der Waals surface area (Å²) >= 11 is 0. The molecular weight excluding hydrogens is 254 g/mol. The molecule has 0 aliphatic carbocycles. The molecule has 1 amide bonds. The molecule has 0 unspecified atom stereocenters. The Kier molecular flexibility index (Phi) is 4.18. The summed E-state index contributed by atoms with van der Waals surface area (Å²) in [4.78, 5) is 13.7. The summed E-state index contributed by atoms with van der Waals surface area (Å²) in [5, 5.41) is 8.74. The van der Waals surface area contributed by atoms with Crippen molar-refractivity contribution in [1.29, 1.82) is 5.26 Å². The topological polar surface area (TPSA) is 83.3 Å². The Labute approximate surface area is 117 Å². The van der Waals surface area contributed by atoms with Gasteiger partial charge in [0, 0.05) is 13.6 Å². The van der Waals surface area contributed by atoms with E-state index < -0.39 is 0 Å². The van der Waals surface area contributed by atoms with Gasteiger partial charge in [0.05, 0.1) is 18.2 Å². The maximum atomic E-state index is 12.1. The number of carbonyl (C=O) groups excluding carboxylic acids is 1. The van der Waals surface area contributed by atoms with Gasteiger partial charge in [0.15, 0.2) is 5.76 Å². The fraction of sp³-hybridized carbons (Fsp3) is 0.200. The van der Waals surface area contributed by atoms with Crippen molar-refractivity contribution in [2.75, 3.05) is 7.05 Å². The van der Waals surface area contributed by atoms with E-state index in [4.69, 9.17) is 15.4 Å². The Bertz CT molecular complexity index is 638. The first kappa shape index (κ1) is 13.8. The number of benzene rings is 1. The van der Waals surface area contributed by atoms with E-state index in [-0.39, 0.29) is 18.2 Å². The molecule has 2 aromatic rings. The number of hydrogen-bond acceptors (Lipinski definition) is 4. The van der Waals surface area contributed by atoms with Gasteiger partial charge >= 0.3 is 0 Å². The molecule has 1 heterocycles. The molecule has 2 N–H and O–H groups in total. The second kappa shape index (κ2) is 6.04. The van der Waals surface area contributed by atoms with Crippen LogP contribution in [0, 0.1) is 11.3 Å². The summed E-state index contributed by atoms with van der Waals surface area (Å²) < 4.78 is 5.33. The number of carbonyl (C=O) groups is 1. The third-order valence-electron chi connectivity index (χ3n) is 2.92. The van der Waals surface area contributed by atoms with Crippen LogP contribution < -0.4 is 5.73 Å². The second-order valence-corrected chi connectivity index (χ2v) is 4.44. The quantitative estimate of drug-likeness (QED) is 0.918. The van der Waals surface area contributed by atoms with Crippen molar-refractivity contribution in [3.05, 3.63) is 59.0 Å². The van der Waals surface area contributed by atoms with Gasteiger partial charge in [0.1, 0.15) is 5.76 Å². The van der Waals surface area contributed by atoms with Crippen LogP contribution in [0.1, 0.15) is 27.4 Å². The molecule has 0 bridgehead atoms. The van der Waals surface area contributed by atoms with Gasteiger partial charge < -0.3 is 15.1 Å². The van der Waals surface area contributed by atoms with E-state index in [1.165, 1.54) is 0 Å². The van der Waals surface area contributed by atoms with Crippen LogP contribution in [0.2, 0.25) is 0 Å². The maximum Gasteiger partial charge on any atom is 0.289 e. The first-order valence-electron chi connectivity index (χ1n) is 6.17. The summed E-state index contributed by atoms with van der Waals surface area (Å²) in [7, 11) is 1.70. The van der Waals surface area contributed by atoms with Gasteiger partial charge in [-0.2, -0.15) is 5.26 Å². The highest BCUT2D eigenvalue weighted by Crippen LogP contribution is 2.12. The zero-order valence-electron chi connectivity index (χ0n) is 11.2. The van der Waals surface area contributed by atoms with Crippen molar-refractivity contribution in [1.82, 2.24) is 4.90 Å². The van der Waals surface area contributed by atoms with Gasteiger partial charge in [-0.25, -0.2) is 0 Å². The molecule has 1 aromatic heterocycles. The molecule has 1 aromatic carbocycles. The van der Waals surface area contributed by atoms with Gasteiger partial charge in [-0.3, -0.25) is 4.79 Å². The highest BCUT2D eigenvalue weighted by Gasteiger charge is 2.15. The standard InChI is InChI=1S/C15H15N3O2/c1-18(10-12-4-2-11(8-16)3-5-12)15(19)14-7-6-13(9-17)20-14/h2-7H,9-10,17H2,1H3. The summed E-state index contributed by atoms with van der Waals surface area (Å²) in [6.45, 7) is 0.718. The average molecular weight is 269 g/mol. The number of nitrogens with two attached hydrogens (primary N) is 1. The zero-order chi connectivity index (χ0) is 14.5. The van der Waals surface area contributed by atoms with E-state index in [2.05, 4.69) is 6.07 Å². The van der Waals surface area contributed by atoms with E-state index in [9.17, 15) is 4.79 Å². The Balaban J connectivity index is 2.05. The Morgan fingerprint density at radius 1 is 1.30 bits per heavy atom. The van der Waals surface area contributed by atoms with Crippen LogP contribution in [-0.2, 0) is 13.1 Å². The van der Waals surface area contributed by atoms with E-state index >= 15 is 0 Å². The lowest BCUT2D eigenvalue weighted by atomic mass is 10.1. The average Bonchev–Trinajstić information content (AvgIpc) is 2.96.